The Bertz CT molecular complexity index is 442. The molecule has 0 aromatic carbocycles. The molecule has 0 radical (unpaired) electrons. The van der Waals surface area contributed by atoms with Crippen molar-refractivity contribution in [2.45, 2.75) is 83.5 Å². The lowest BCUT2D eigenvalue weighted by molar-refractivity contribution is -0.144. The summed E-state index contributed by atoms with van der Waals surface area (Å²) in [6.07, 6.45) is 1.25. The zero-order valence-electron chi connectivity index (χ0n) is 13.7. The molecular weight excluding hydrogens is 254 g/mol. The predicted molar refractivity (Wildman–Crippen MR) is 78.4 cm³/mol. The van der Waals surface area contributed by atoms with E-state index in [9.17, 15) is 9.59 Å². The van der Waals surface area contributed by atoms with Crippen LogP contribution in [0.15, 0.2) is 0 Å². The molecule has 0 bridgehead atoms. The molecule has 1 spiro atoms. The van der Waals surface area contributed by atoms with Crippen molar-refractivity contribution in [3.63, 3.8) is 0 Å². The van der Waals surface area contributed by atoms with E-state index in [0.29, 0.717) is 12.8 Å². The van der Waals surface area contributed by atoms with Crippen LogP contribution in [0.25, 0.3) is 0 Å². The molecule has 3 amide bonds. The molecule has 5 heteroatoms. The van der Waals surface area contributed by atoms with E-state index in [1.54, 1.807) is 0 Å². The van der Waals surface area contributed by atoms with Crippen molar-refractivity contribution in [2.75, 3.05) is 0 Å². The minimum absolute atomic E-state index is 0.00625. The van der Waals surface area contributed by atoms with Crippen molar-refractivity contribution in [3.8, 4) is 0 Å². The maximum Gasteiger partial charge on any atom is 0.322 e. The Hall–Kier alpha value is -1.10. The number of nitrogens with zero attached hydrogens (tertiary/aromatic N) is 1. The van der Waals surface area contributed by atoms with E-state index in [0.717, 1.165) is 0 Å². The number of nitrogens with one attached hydrogen (secondary N) is 2. The predicted octanol–water partition coefficient (Wildman–Crippen LogP) is 2.02. The molecule has 0 unspecified atom stereocenters. The van der Waals surface area contributed by atoms with Crippen molar-refractivity contribution in [3.05, 3.63) is 0 Å². The van der Waals surface area contributed by atoms with Crippen molar-refractivity contribution in [1.82, 2.24) is 15.5 Å². The summed E-state index contributed by atoms with van der Waals surface area (Å²) in [4.78, 5) is 26.3. The number of imide groups is 1. The number of carbonyl (C=O) groups excluding carboxylic acids is 2. The summed E-state index contributed by atoms with van der Waals surface area (Å²) in [6.45, 7) is 15.2. The molecule has 2 rings (SSSR count). The Labute approximate surface area is 121 Å². The molecule has 0 aromatic heterocycles. The minimum Gasteiger partial charge on any atom is -0.323 e. The average Bonchev–Trinajstić information content (AvgIpc) is 2.31. The fourth-order valence-electron chi connectivity index (χ4n) is 5.11. The van der Waals surface area contributed by atoms with Crippen LogP contribution in [0.4, 0.5) is 4.79 Å². The topological polar surface area (TPSA) is 61.4 Å². The molecule has 2 N–H and O–H groups in total. The Morgan fingerprint density at radius 3 is 1.75 bits per heavy atom. The quantitative estimate of drug-likeness (QED) is 0.668. The molecule has 0 aromatic rings. The summed E-state index contributed by atoms with van der Waals surface area (Å²) in [5, 5.41) is 5.27. The van der Waals surface area contributed by atoms with E-state index in [1.165, 1.54) is 0 Å². The molecule has 2 heterocycles. The second-order valence-corrected chi connectivity index (χ2v) is 8.48. The van der Waals surface area contributed by atoms with Gasteiger partial charge in [-0.05, 0) is 61.3 Å². The zero-order valence-corrected chi connectivity index (χ0v) is 13.7. The third kappa shape index (κ3) is 2.22. The third-order valence-corrected chi connectivity index (χ3v) is 4.36. The number of likely N-dealkylation sites (tertiary alicyclic amines) is 1. The molecule has 0 saturated carbocycles. The van der Waals surface area contributed by atoms with Gasteiger partial charge in [-0.15, -0.1) is 0 Å². The average molecular weight is 281 g/mol. The fourth-order valence-corrected chi connectivity index (χ4v) is 5.11. The van der Waals surface area contributed by atoms with Gasteiger partial charge >= 0.3 is 6.03 Å². The van der Waals surface area contributed by atoms with Crippen molar-refractivity contribution >= 4 is 11.9 Å². The van der Waals surface area contributed by atoms with Gasteiger partial charge < -0.3 is 5.32 Å². The number of hydrogen-bond acceptors (Lipinski definition) is 3. The zero-order chi connectivity index (χ0) is 15.6. The Kier molecular flexibility index (Phi) is 3.03. The molecule has 0 aliphatic carbocycles. The van der Waals surface area contributed by atoms with Gasteiger partial charge in [0.1, 0.15) is 5.54 Å². The summed E-state index contributed by atoms with van der Waals surface area (Å²) in [7, 11) is 0. The van der Waals surface area contributed by atoms with Gasteiger partial charge in [0.25, 0.3) is 5.91 Å². The van der Waals surface area contributed by atoms with Gasteiger partial charge in [-0.25, -0.2) is 4.79 Å². The first-order valence-corrected chi connectivity index (χ1v) is 7.24. The first-order chi connectivity index (χ1) is 8.80. The number of urea groups is 1. The lowest BCUT2D eigenvalue weighted by atomic mass is 9.67. The normalized spacial score (nSPS) is 28.4. The van der Waals surface area contributed by atoms with Crippen molar-refractivity contribution in [2.24, 2.45) is 0 Å². The van der Waals surface area contributed by atoms with Crippen molar-refractivity contribution in [1.29, 1.82) is 0 Å². The van der Waals surface area contributed by atoms with Crippen LogP contribution in [0.3, 0.4) is 0 Å². The number of piperidine rings is 1. The fraction of sp³-hybridized carbons (Fsp3) is 0.867. The Morgan fingerprint density at radius 1 is 1.00 bits per heavy atom. The summed E-state index contributed by atoms with van der Waals surface area (Å²) < 4.78 is 0. The molecule has 2 aliphatic rings. The number of amides is 3. The Morgan fingerprint density at radius 2 is 1.45 bits per heavy atom. The molecule has 0 atom stereocenters. The van der Waals surface area contributed by atoms with Crippen LogP contribution in [-0.4, -0.2) is 39.0 Å². The maximum atomic E-state index is 12.3. The molecular formula is C15H27N3O2. The highest BCUT2D eigenvalue weighted by molar-refractivity contribution is 6.07. The van der Waals surface area contributed by atoms with Gasteiger partial charge in [-0.3, -0.25) is 15.0 Å². The summed E-state index contributed by atoms with van der Waals surface area (Å²) >= 11 is 0. The van der Waals surface area contributed by atoms with Gasteiger partial charge in [0, 0.05) is 16.6 Å². The smallest absolute Gasteiger partial charge is 0.322 e. The minimum atomic E-state index is -0.772. The summed E-state index contributed by atoms with van der Waals surface area (Å²) in [5.74, 6) is -0.183. The molecule has 2 aliphatic heterocycles. The van der Waals surface area contributed by atoms with E-state index in [2.05, 4.69) is 64.0 Å². The lowest BCUT2D eigenvalue weighted by Gasteiger charge is -2.62. The molecule has 5 nitrogen and oxygen atoms in total. The van der Waals surface area contributed by atoms with Gasteiger partial charge in [-0.2, -0.15) is 0 Å². The monoisotopic (exact) mass is 281 g/mol. The first-order valence-electron chi connectivity index (χ1n) is 7.24. The van der Waals surface area contributed by atoms with Gasteiger partial charge in [-0.1, -0.05) is 0 Å². The van der Waals surface area contributed by atoms with Crippen LogP contribution in [0.5, 0.6) is 0 Å². The molecule has 2 fully saturated rings. The van der Waals surface area contributed by atoms with Gasteiger partial charge in [0.2, 0.25) is 0 Å². The van der Waals surface area contributed by atoms with Crippen LogP contribution >= 0.6 is 0 Å². The summed E-state index contributed by atoms with van der Waals surface area (Å²) in [5.41, 5.74) is -1.15. The van der Waals surface area contributed by atoms with E-state index in [-0.39, 0.29) is 28.6 Å². The highest BCUT2D eigenvalue weighted by Crippen LogP contribution is 2.47. The van der Waals surface area contributed by atoms with E-state index < -0.39 is 5.54 Å². The summed E-state index contributed by atoms with van der Waals surface area (Å²) in [6, 6.07) is -0.370. The van der Waals surface area contributed by atoms with Gasteiger partial charge in [0.05, 0.1) is 0 Å². The second kappa shape index (κ2) is 3.97. The molecule has 114 valence electrons. The Balaban J connectivity index is 2.46. The first kappa shape index (κ1) is 15.3. The standard InChI is InChI=1S/C15H27N3O2/c1-12(2,3)18-13(4,5)8-15(9-14(18,6)7)10(19)16-11(20)17-15/h8-9H2,1-7H3,(H2,16,17,19,20). The van der Waals surface area contributed by atoms with Crippen LogP contribution in [-0.2, 0) is 4.79 Å². The third-order valence-electron chi connectivity index (χ3n) is 4.36. The highest BCUT2D eigenvalue weighted by Gasteiger charge is 2.60. The van der Waals surface area contributed by atoms with Crippen LogP contribution in [0.2, 0.25) is 0 Å². The van der Waals surface area contributed by atoms with E-state index in [4.69, 9.17) is 0 Å². The molecule has 2 saturated heterocycles. The van der Waals surface area contributed by atoms with E-state index >= 15 is 0 Å². The highest BCUT2D eigenvalue weighted by atomic mass is 16.2. The largest absolute Gasteiger partial charge is 0.323 e. The number of carbonyl (C=O) groups is 2. The number of rotatable bonds is 0. The van der Waals surface area contributed by atoms with Gasteiger partial charge in [0.15, 0.2) is 0 Å². The number of hydrogen-bond donors (Lipinski definition) is 2. The lowest BCUT2D eigenvalue weighted by Crippen LogP contribution is -2.73. The molecule has 20 heavy (non-hydrogen) atoms. The van der Waals surface area contributed by atoms with Crippen LogP contribution in [0.1, 0.15) is 61.3 Å². The van der Waals surface area contributed by atoms with Crippen LogP contribution in [0, 0.1) is 0 Å². The SMILES string of the molecule is CC(C)(C)N1C(C)(C)CC2(CC1(C)C)NC(=O)NC2=O. The maximum absolute atomic E-state index is 12.3. The van der Waals surface area contributed by atoms with Crippen LogP contribution < -0.4 is 10.6 Å². The van der Waals surface area contributed by atoms with Crippen molar-refractivity contribution < 1.29 is 9.59 Å². The van der Waals surface area contributed by atoms with E-state index in [1.807, 2.05) is 0 Å². The second-order valence-electron chi connectivity index (χ2n) is 8.48.